The molecule has 0 unspecified atom stereocenters. The van der Waals surface area contributed by atoms with E-state index in [1.54, 1.807) is 0 Å². The minimum atomic E-state index is -1.56. The highest BCUT2D eigenvalue weighted by atomic mass is 16.7. The normalized spacial score (nSPS) is 22.8. The fourth-order valence-corrected chi connectivity index (χ4v) is 3.40. The van der Waals surface area contributed by atoms with Gasteiger partial charge < -0.3 is 29.1 Å². The quantitative estimate of drug-likeness (QED) is 0.182. The maximum atomic E-state index is 11.9. The van der Waals surface area contributed by atoms with Gasteiger partial charge >= 0.3 is 35.3 Å². The van der Waals surface area contributed by atoms with Gasteiger partial charge in [-0.2, -0.15) is 0 Å². The van der Waals surface area contributed by atoms with Crippen molar-refractivity contribution >= 4 is 40.9 Å². The van der Waals surface area contributed by atoms with Crippen molar-refractivity contribution in [3.8, 4) is 0 Å². The van der Waals surface area contributed by atoms with Crippen molar-refractivity contribution < 1.29 is 52.7 Å². The van der Waals surface area contributed by atoms with E-state index >= 15 is 0 Å². The molecule has 2 N–H and O–H groups in total. The van der Waals surface area contributed by atoms with Crippen LogP contribution in [-0.4, -0.2) is 71.0 Å². The zero-order chi connectivity index (χ0) is 27.9. The Balaban J connectivity index is 2.48. The molecular weight excluding hydrogens is 504 g/mol. The van der Waals surface area contributed by atoms with Gasteiger partial charge in [0.1, 0.15) is 18.8 Å². The number of nitro groups is 2. The molecule has 1 heterocycles. The van der Waals surface area contributed by atoms with E-state index in [1.165, 1.54) is 0 Å². The lowest BCUT2D eigenvalue weighted by atomic mass is 9.96. The summed E-state index contributed by atoms with van der Waals surface area (Å²) >= 11 is 0. The van der Waals surface area contributed by atoms with Crippen molar-refractivity contribution in [2.24, 2.45) is 0 Å². The lowest BCUT2D eigenvalue weighted by Gasteiger charge is -2.44. The Kier molecular flexibility index (Phi) is 9.78. The van der Waals surface area contributed by atoms with Crippen LogP contribution in [-0.2, 0) is 42.9 Å². The number of esters is 4. The Morgan fingerprint density at radius 2 is 1.43 bits per heavy atom. The number of carbonyl (C=O) groups excluding carboxylic acids is 4. The lowest BCUT2D eigenvalue weighted by molar-refractivity contribution is -0.422. The van der Waals surface area contributed by atoms with Crippen LogP contribution < -0.4 is 10.9 Å². The molecule has 1 aliphatic heterocycles. The highest BCUT2D eigenvalue weighted by molar-refractivity contribution is 5.68. The molecule has 0 spiro atoms. The molecule has 1 saturated heterocycles. The molecule has 0 aromatic heterocycles. The number of benzene rings is 1. The first kappa shape index (κ1) is 28.9. The summed E-state index contributed by atoms with van der Waals surface area (Å²) in [6.45, 7) is 3.85. The summed E-state index contributed by atoms with van der Waals surface area (Å²) in [7, 11) is 0. The SMILES string of the molecule is CC(=O)OC[C@H]1O[C@@H](OC(C)=O)[C@H](OC(C)=O)[C@H](NNc2ccc([N+](=O)[O-])c([N+](=O)[O-])c2)[C@@H]1OC(C)=O. The summed E-state index contributed by atoms with van der Waals surface area (Å²) in [5.74, 6) is -3.15. The Morgan fingerprint density at radius 3 is 1.95 bits per heavy atom. The maximum absolute atomic E-state index is 11.9. The topological polar surface area (TPSA) is 225 Å². The zero-order valence-electron chi connectivity index (χ0n) is 20.0. The Labute approximate surface area is 208 Å². The van der Waals surface area contributed by atoms with Crippen LogP contribution in [0.15, 0.2) is 18.2 Å². The van der Waals surface area contributed by atoms with Gasteiger partial charge in [-0.1, -0.05) is 0 Å². The van der Waals surface area contributed by atoms with E-state index in [9.17, 15) is 39.4 Å². The van der Waals surface area contributed by atoms with Crippen molar-refractivity contribution in [3.05, 3.63) is 38.4 Å². The molecule has 1 fully saturated rings. The molecule has 2 rings (SSSR count). The lowest BCUT2D eigenvalue weighted by Crippen LogP contribution is -2.67. The van der Waals surface area contributed by atoms with Crippen LogP contribution in [0.3, 0.4) is 0 Å². The molecule has 5 atom stereocenters. The van der Waals surface area contributed by atoms with Crippen molar-refractivity contribution in [3.63, 3.8) is 0 Å². The van der Waals surface area contributed by atoms with Crippen molar-refractivity contribution in [2.45, 2.75) is 58.3 Å². The fourth-order valence-electron chi connectivity index (χ4n) is 3.40. The number of hydrazine groups is 1. The van der Waals surface area contributed by atoms with Gasteiger partial charge in [0.2, 0.25) is 6.29 Å². The van der Waals surface area contributed by atoms with E-state index in [1.807, 2.05) is 0 Å². The highest BCUT2D eigenvalue weighted by Crippen LogP contribution is 2.31. The summed E-state index contributed by atoms with van der Waals surface area (Å²) in [6, 6.07) is 1.65. The number of rotatable bonds is 10. The van der Waals surface area contributed by atoms with Gasteiger partial charge in [0.15, 0.2) is 12.2 Å². The van der Waals surface area contributed by atoms with Gasteiger partial charge in [0, 0.05) is 39.8 Å². The molecule has 0 bridgehead atoms. The van der Waals surface area contributed by atoms with Crippen LogP contribution in [0.2, 0.25) is 0 Å². The highest BCUT2D eigenvalue weighted by Gasteiger charge is 2.51. The number of nitrogens with one attached hydrogen (secondary N) is 2. The summed E-state index contributed by atoms with van der Waals surface area (Å²) in [4.78, 5) is 67.2. The predicted octanol–water partition coefficient (Wildman–Crippen LogP) is 0.503. The van der Waals surface area contributed by atoms with Crippen molar-refractivity contribution in [2.75, 3.05) is 12.0 Å². The average molecular weight is 528 g/mol. The summed E-state index contributed by atoms with van der Waals surface area (Å²) in [6.07, 6.45) is -5.55. The minimum Gasteiger partial charge on any atom is -0.463 e. The number of hydrogen-bond donors (Lipinski definition) is 2. The first-order valence-electron chi connectivity index (χ1n) is 10.5. The van der Waals surface area contributed by atoms with E-state index in [2.05, 4.69) is 10.9 Å². The molecule has 1 aromatic rings. The van der Waals surface area contributed by atoms with E-state index in [-0.39, 0.29) is 5.69 Å². The standard InChI is InChI=1S/C20H24N4O13/c1-9(25)33-8-16-18(34-10(2)26)17(19(35-11(3)27)20(37-16)36-12(4)28)22-21-13-5-6-14(23(29)30)15(7-13)24(31)32/h5-7,16-22H,8H2,1-4H3/t16-,17-,18-,19-,20-/m1/s1. The third-order valence-corrected chi connectivity index (χ3v) is 4.74. The number of carbonyl (C=O) groups is 4. The smallest absolute Gasteiger partial charge is 0.348 e. The van der Waals surface area contributed by atoms with E-state index in [0.717, 1.165) is 45.9 Å². The first-order valence-corrected chi connectivity index (χ1v) is 10.5. The molecule has 1 aromatic carbocycles. The van der Waals surface area contributed by atoms with Crippen molar-refractivity contribution in [1.29, 1.82) is 0 Å². The van der Waals surface area contributed by atoms with Gasteiger partial charge in [0.25, 0.3) is 0 Å². The van der Waals surface area contributed by atoms with Gasteiger partial charge in [-0.3, -0.25) is 39.4 Å². The van der Waals surface area contributed by atoms with Gasteiger partial charge in [-0.05, 0) is 6.07 Å². The predicted molar refractivity (Wildman–Crippen MR) is 118 cm³/mol. The molecule has 17 nitrogen and oxygen atoms in total. The Bertz CT molecular complexity index is 1080. The number of ether oxygens (including phenoxy) is 5. The summed E-state index contributed by atoms with van der Waals surface area (Å²) in [5.41, 5.74) is 3.65. The number of anilines is 1. The number of nitro benzene ring substituents is 2. The zero-order valence-corrected chi connectivity index (χ0v) is 20.0. The second kappa shape index (κ2) is 12.5. The van der Waals surface area contributed by atoms with Crippen LogP contribution >= 0.6 is 0 Å². The monoisotopic (exact) mass is 528 g/mol. The van der Waals surface area contributed by atoms with E-state index in [0.29, 0.717) is 0 Å². The van der Waals surface area contributed by atoms with Crippen molar-refractivity contribution in [1.82, 2.24) is 5.43 Å². The summed E-state index contributed by atoms with van der Waals surface area (Å²) in [5, 5.41) is 22.4. The molecule has 202 valence electrons. The van der Waals surface area contributed by atoms with Gasteiger partial charge in [-0.25, -0.2) is 5.43 Å². The first-order chi connectivity index (χ1) is 17.3. The Hall–Kier alpha value is -4.38. The number of nitrogens with zero attached hydrogens (tertiary/aromatic N) is 2. The molecule has 0 radical (unpaired) electrons. The fraction of sp³-hybridized carbons (Fsp3) is 0.500. The van der Waals surface area contributed by atoms with Crippen LogP contribution in [0.25, 0.3) is 0 Å². The van der Waals surface area contributed by atoms with E-state index in [4.69, 9.17) is 23.7 Å². The number of hydrogen-bond acceptors (Lipinski definition) is 15. The van der Waals surface area contributed by atoms with Gasteiger partial charge in [-0.15, -0.1) is 0 Å². The second-order valence-electron chi connectivity index (χ2n) is 7.62. The molecule has 0 saturated carbocycles. The second-order valence-corrected chi connectivity index (χ2v) is 7.62. The van der Waals surface area contributed by atoms with Crippen LogP contribution in [0.1, 0.15) is 27.7 Å². The van der Waals surface area contributed by atoms with Crippen LogP contribution in [0, 0.1) is 20.2 Å². The molecule has 17 heteroatoms. The third kappa shape index (κ3) is 8.07. The van der Waals surface area contributed by atoms with Crippen LogP contribution in [0.4, 0.5) is 17.1 Å². The van der Waals surface area contributed by atoms with Gasteiger partial charge in [0.05, 0.1) is 15.5 Å². The molecule has 0 amide bonds. The average Bonchev–Trinajstić information content (AvgIpc) is 2.77. The Morgan fingerprint density at radius 1 is 0.865 bits per heavy atom. The third-order valence-electron chi connectivity index (χ3n) is 4.74. The summed E-state index contributed by atoms with van der Waals surface area (Å²) < 4.78 is 26.3. The molecule has 37 heavy (non-hydrogen) atoms. The van der Waals surface area contributed by atoms with Crippen LogP contribution in [0.5, 0.6) is 0 Å². The molecular formula is C20H24N4O13. The molecule has 0 aliphatic carbocycles. The largest absolute Gasteiger partial charge is 0.463 e. The van der Waals surface area contributed by atoms with E-state index < -0.39 is 82.3 Å². The molecule has 1 aliphatic rings. The minimum absolute atomic E-state index is 0.0347. The maximum Gasteiger partial charge on any atom is 0.348 e.